The van der Waals surface area contributed by atoms with Crippen LogP contribution in [0.1, 0.15) is 13.8 Å². The fourth-order valence-corrected chi connectivity index (χ4v) is 4.40. The molecule has 0 aliphatic carbocycles. The molecule has 0 saturated carbocycles. The number of anilines is 2. The Morgan fingerprint density at radius 3 is 2.21 bits per heavy atom. The second-order valence-corrected chi connectivity index (χ2v) is 10.2. The van der Waals surface area contributed by atoms with E-state index >= 15 is 0 Å². The predicted octanol–water partition coefficient (Wildman–Crippen LogP) is 4.86. The number of ether oxygens (including phenoxy) is 1. The van der Waals surface area contributed by atoms with Crippen LogP contribution in [0.5, 0.6) is 0 Å². The smallest absolute Gasteiger partial charge is 0.347 e. The zero-order chi connectivity index (χ0) is 28.4. The van der Waals surface area contributed by atoms with Crippen LogP contribution in [-0.4, -0.2) is 71.0 Å². The fourth-order valence-electron chi connectivity index (χ4n) is 3.81. The molecule has 0 aromatic heterocycles. The number of hydrogen-bond donors (Lipinski definition) is 3. The van der Waals surface area contributed by atoms with Crippen molar-refractivity contribution in [2.75, 3.05) is 30.4 Å². The number of hydroxylamine groups is 2. The molecule has 204 valence electrons. The summed E-state index contributed by atoms with van der Waals surface area (Å²) in [6, 6.07) is 6.89. The molecule has 0 radical (unpaired) electrons. The highest BCUT2D eigenvalue weighted by atomic mass is 35.5. The summed E-state index contributed by atoms with van der Waals surface area (Å²) < 4.78 is 4.50. The summed E-state index contributed by atoms with van der Waals surface area (Å²) in [6.45, 7) is 2.20. The molecule has 2 aromatic rings. The number of urea groups is 2. The van der Waals surface area contributed by atoms with E-state index < -0.39 is 48.7 Å². The molecule has 1 aliphatic rings. The fraction of sp³-hybridized carbons (Fsp3) is 0.304. The maximum absolute atomic E-state index is 13.6. The highest BCUT2D eigenvalue weighted by Crippen LogP contribution is 2.39. The van der Waals surface area contributed by atoms with Crippen LogP contribution in [0.4, 0.5) is 21.0 Å². The number of carbonyl (C=O) groups excluding carboxylic acids is 4. The largest absolute Gasteiger partial charge is 0.468 e. The lowest BCUT2D eigenvalue weighted by molar-refractivity contribution is -0.141. The Hall–Kier alpha value is -2.96. The molecule has 3 rings (SSSR count). The van der Waals surface area contributed by atoms with Crippen molar-refractivity contribution in [2.45, 2.75) is 25.6 Å². The number of benzene rings is 2. The van der Waals surface area contributed by atoms with Gasteiger partial charge in [-0.15, -0.1) is 0 Å². The molecule has 11 nitrogen and oxygen atoms in total. The lowest BCUT2D eigenvalue weighted by Crippen LogP contribution is -2.58. The molecule has 15 heteroatoms. The van der Waals surface area contributed by atoms with Gasteiger partial charge in [-0.25, -0.2) is 9.59 Å². The van der Waals surface area contributed by atoms with Crippen LogP contribution in [0.3, 0.4) is 0 Å². The number of rotatable bonds is 7. The first-order valence-electron chi connectivity index (χ1n) is 10.9. The summed E-state index contributed by atoms with van der Waals surface area (Å²) in [4.78, 5) is 52.9. The molecular weight excluding hydrogens is 584 g/mol. The van der Waals surface area contributed by atoms with E-state index in [0.717, 1.165) is 9.80 Å². The maximum Gasteiger partial charge on any atom is 0.347 e. The van der Waals surface area contributed by atoms with E-state index in [1.807, 2.05) is 0 Å². The van der Waals surface area contributed by atoms with Gasteiger partial charge in [-0.1, -0.05) is 46.4 Å². The van der Waals surface area contributed by atoms with Crippen LogP contribution in [0, 0.1) is 0 Å². The van der Waals surface area contributed by atoms with Crippen molar-refractivity contribution in [1.29, 1.82) is 0 Å². The van der Waals surface area contributed by atoms with Gasteiger partial charge in [0.05, 0.1) is 32.7 Å². The van der Waals surface area contributed by atoms with Crippen LogP contribution in [0.15, 0.2) is 36.4 Å². The zero-order valence-corrected chi connectivity index (χ0v) is 23.3. The molecule has 0 bridgehead atoms. The van der Waals surface area contributed by atoms with Crippen molar-refractivity contribution in [3.05, 3.63) is 56.5 Å². The van der Waals surface area contributed by atoms with E-state index in [1.165, 1.54) is 43.5 Å². The summed E-state index contributed by atoms with van der Waals surface area (Å²) in [7, 11) is 1.17. The standard InChI is InChI=1S/C23H23Cl4N5O6/c1-23(2)20(32(37)21(35)29-12-4-6-14(24)16(26)8-12)31(13-5-7-15(25)17(27)9-13)22(36)30(23)11-18(33)28-10-19(34)38-3/h4-9,20,37H,10-11H2,1-3H3,(H,28,33)(H,29,35)/t20-/m1/s1. The van der Waals surface area contributed by atoms with Gasteiger partial charge in [0, 0.05) is 11.4 Å². The number of halogens is 4. The van der Waals surface area contributed by atoms with E-state index in [0.29, 0.717) is 5.06 Å². The normalized spacial score (nSPS) is 16.3. The molecule has 0 unspecified atom stereocenters. The topological polar surface area (TPSA) is 132 Å². The average Bonchev–Trinajstić information content (AvgIpc) is 3.06. The summed E-state index contributed by atoms with van der Waals surface area (Å²) in [5.74, 6) is -1.35. The molecule has 1 aliphatic heterocycles. The van der Waals surface area contributed by atoms with Crippen molar-refractivity contribution < 1.29 is 29.1 Å². The number of amides is 5. The average molecular weight is 607 g/mol. The first kappa shape index (κ1) is 29.6. The first-order valence-corrected chi connectivity index (χ1v) is 12.4. The van der Waals surface area contributed by atoms with Gasteiger partial charge in [0.1, 0.15) is 13.1 Å². The molecule has 5 amide bonds. The Morgan fingerprint density at radius 1 is 1.03 bits per heavy atom. The van der Waals surface area contributed by atoms with E-state index in [2.05, 4.69) is 15.4 Å². The zero-order valence-electron chi connectivity index (χ0n) is 20.3. The number of nitrogens with one attached hydrogen (secondary N) is 2. The van der Waals surface area contributed by atoms with Crippen LogP contribution in [-0.2, 0) is 14.3 Å². The Morgan fingerprint density at radius 2 is 1.63 bits per heavy atom. The lowest BCUT2D eigenvalue weighted by atomic mass is 9.99. The quantitative estimate of drug-likeness (QED) is 0.234. The van der Waals surface area contributed by atoms with Crippen LogP contribution in [0.25, 0.3) is 0 Å². The number of methoxy groups -OCH3 is 1. The molecule has 0 spiro atoms. The lowest BCUT2D eigenvalue weighted by Gasteiger charge is -2.38. The first-order chi connectivity index (χ1) is 17.8. The van der Waals surface area contributed by atoms with Gasteiger partial charge in [0.15, 0.2) is 6.17 Å². The molecular formula is C23H23Cl4N5O6. The maximum atomic E-state index is 13.6. The van der Waals surface area contributed by atoms with Gasteiger partial charge in [-0.3, -0.25) is 19.7 Å². The monoisotopic (exact) mass is 605 g/mol. The third-order valence-corrected chi connectivity index (χ3v) is 7.24. The third kappa shape index (κ3) is 6.19. The van der Waals surface area contributed by atoms with Crippen LogP contribution < -0.4 is 15.5 Å². The summed E-state index contributed by atoms with van der Waals surface area (Å²) in [5.41, 5.74) is -0.928. The number of esters is 1. The summed E-state index contributed by atoms with van der Waals surface area (Å²) in [5, 5.41) is 17.0. The Bertz CT molecular complexity index is 1280. The molecule has 1 saturated heterocycles. The van der Waals surface area contributed by atoms with Gasteiger partial charge < -0.3 is 20.3 Å². The minimum Gasteiger partial charge on any atom is -0.468 e. The van der Waals surface area contributed by atoms with Gasteiger partial charge in [0.2, 0.25) is 5.91 Å². The highest BCUT2D eigenvalue weighted by Gasteiger charge is 2.56. The number of hydrogen-bond acceptors (Lipinski definition) is 6. The third-order valence-electron chi connectivity index (χ3n) is 5.76. The Labute approximate surface area is 238 Å². The minimum absolute atomic E-state index is 0.118. The second kappa shape index (κ2) is 11.8. The minimum atomic E-state index is -1.36. The van der Waals surface area contributed by atoms with Gasteiger partial charge >= 0.3 is 18.0 Å². The van der Waals surface area contributed by atoms with Gasteiger partial charge in [0.25, 0.3) is 0 Å². The molecule has 38 heavy (non-hydrogen) atoms. The van der Waals surface area contributed by atoms with E-state index in [1.54, 1.807) is 13.8 Å². The van der Waals surface area contributed by atoms with E-state index in [4.69, 9.17) is 46.4 Å². The van der Waals surface area contributed by atoms with Crippen molar-refractivity contribution >= 4 is 81.7 Å². The SMILES string of the molecule is COC(=O)CNC(=O)CN1C(=O)N(c2ccc(Cl)c(Cl)c2)[C@H](N(O)C(=O)Nc2ccc(Cl)c(Cl)c2)C1(C)C. The molecule has 2 aromatic carbocycles. The summed E-state index contributed by atoms with van der Waals surface area (Å²) >= 11 is 24.1. The summed E-state index contributed by atoms with van der Waals surface area (Å²) in [6.07, 6.45) is -1.36. The number of nitrogens with zero attached hydrogens (tertiary/aromatic N) is 3. The van der Waals surface area contributed by atoms with Crippen LogP contribution in [0.2, 0.25) is 20.1 Å². The molecule has 3 N–H and O–H groups in total. The number of carbonyl (C=O) groups is 4. The van der Waals surface area contributed by atoms with Crippen molar-refractivity contribution in [3.8, 4) is 0 Å². The molecule has 1 heterocycles. The van der Waals surface area contributed by atoms with E-state index in [9.17, 15) is 24.4 Å². The molecule has 1 fully saturated rings. The van der Waals surface area contributed by atoms with Gasteiger partial charge in [-0.05, 0) is 50.2 Å². The Kier molecular flexibility index (Phi) is 9.21. The second-order valence-electron chi connectivity index (χ2n) is 8.62. The van der Waals surface area contributed by atoms with E-state index in [-0.39, 0.29) is 31.5 Å². The van der Waals surface area contributed by atoms with Gasteiger partial charge in [-0.2, -0.15) is 5.06 Å². The van der Waals surface area contributed by atoms with Crippen LogP contribution >= 0.6 is 46.4 Å². The highest BCUT2D eigenvalue weighted by molar-refractivity contribution is 6.42. The molecule has 1 atom stereocenters. The van der Waals surface area contributed by atoms with Crippen molar-refractivity contribution in [1.82, 2.24) is 15.3 Å². The van der Waals surface area contributed by atoms with Crippen molar-refractivity contribution in [3.63, 3.8) is 0 Å². The van der Waals surface area contributed by atoms with Crippen molar-refractivity contribution in [2.24, 2.45) is 0 Å². The predicted molar refractivity (Wildman–Crippen MR) is 143 cm³/mol. The Balaban J connectivity index is 1.96.